The Balaban J connectivity index is 1.51. The van der Waals surface area contributed by atoms with Crippen LogP contribution in [0.25, 0.3) is 10.9 Å². The van der Waals surface area contributed by atoms with Crippen molar-refractivity contribution in [3.8, 4) is 6.07 Å². The average Bonchev–Trinajstić information content (AvgIpc) is 3.19. The molecular weight excluding hydrogens is 368 g/mol. The van der Waals surface area contributed by atoms with E-state index in [-0.39, 0.29) is 5.69 Å². The Kier molecular flexibility index (Phi) is 4.86. The summed E-state index contributed by atoms with van der Waals surface area (Å²) in [4.78, 5) is 14.9. The summed E-state index contributed by atoms with van der Waals surface area (Å²) in [5.74, 6) is 0.527. The summed E-state index contributed by atoms with van der Waals surface area (Å²) in [5.41, 5.74) is 2.93. The van der Waals surface area contributed by atoms with E-state index in [1.54, 1.807) is 18.3 Å². The van der Waals surface area contributed by atoms with Crippen molar-refractivity contribution in [1.82, 2.24) is 14.8 Å². The highest BCUT2D eigenvalue weighted by atomic mass is 16.6. The predicted octanol–water partition coefficient (Wildman–Crippen LogP) is 3.87. The molecule has 0 aliphatic rings. The van der Waals surface area contributed by atoms with Gasteiger partial charge in [-0.15, -0.1) is 0 Å². The van der Waals surface area contributed by atoms with Gasteiger partial charge in [0.1, 0.15) is 5.82 Å². The Labute approximate surface area is 166 Å². The van der Waals surface area contributed by atoms with Crippen LogP contribution in [0, 0.1) is 21.4 Å². The van der Waals surface area contributed by atoms with Crippen molar-refractivity contribution >= 4 is 22.4 Å². The fraction of sp³-hybridized carbons (Fsp3) is 0.0952. The molecule has 0 radical (unpaired) electrons. The first-order chi connectivity index (χ1) is 14.1. The van der Waals surface area contributed by atoms with E-state index in [0.717, 1.165) is 5.56 Å². The Morgan fingerprint density at radius 2 is 1.97 bits per heavy atom. The van der Waals surface area contributed by atoms with Gasteiger partial charge in [0.15, 0.2) is 0 Å². The Morgan fingerprint density at radius 3 is 2.72 bits per heavy atom. The number of benzene rings is 2. The highest BCUT2D eigenvalue weighted by Gasteiger charge is 2.12. The number of hydrogen-bond acceptors (Lipinski definition) is 6. The Morgan fingerprint density at radius 1 is 1.14 bits per heavy atom. The molecule has 0 spiro atoms. The molecule has 4 rings (SSSR count). The second-order valence-electron chi connectivity index (χ2n) is 6.51. The molecule has 2 heterocycles. The first-order valence-corrected chi connectivity index (χ1v) is 8.91. The number of nitro benzene ring substituents is 1. The number of aromatic nitrogens is 3. The first-order valence-electron chi connectivity index (χ1n) is 8.91. The molecule has 2 aromatic heterocycles. The van der Waals surface area contributed by atoms with Crippen molar-refractivity contribution in [3.05, 3.63) is 93.8 Å². The van der Waals surface area contributed by atoms with Crippen LogP contribution in [0.15, 0.2) is 67.0 Å². The fourth-order valence-corrected chi connectivity index (χ4v) is 3.06. The number of nitro groups is 1. The molecule has 0 fully saturated rings. The van der Waals surface area contributed by atoms with Gasteiger partial charge < -0.3 is 5.32 Å². The van der Waals surface area contributed by atoms with Gasteiger partial charge in [-0.05, 0) is 17.7 Å². The minimum Gasteiger partial charge on any atom is -0.366 e. The van der Waals surface area contributed by atoms with Crippen LogP contribution in [0.4, 0.5) is 11.5 Å². The van der Waals surface area contributed by atoms with Gasteiger partial charge in [0.05, 0.1) is 34.8 Å². The second kappa shape index (κ2) is 7.78. The van der Waals surface area contributed by atoms with Crippen LogP contribution < -0.4 is 5.32 Å². The molecule has 0 aliphatic heterocycles. The average molecular weight is 384 g/mol. The number of nitriles is 1. The van der Waals surface area contributed by atoms with Crippen LogP contribution in [-0.2, 0) is 13.1 Å². The molecule has 8 nitrogen and oxygen atoms in total. The molecule has 4 aromatic rings. The van der Waals surface area contributed by atoms with E-state index in [1.807, 2.05) is 41.2 Å². The maximum absolute atomic E-state index is 11.0. The van der Waals surface area contributed by atoms with E-state index in [0.29, 0.717) is 35.4 Å². The van der Waals surface area contributed by atoms with Gasteiger partial charge >= 0.3 is 0 Å². The number of pyridine rings is 1. The van der Waals surface area contributed by atoms with Crippen LogP contribution in [0.1, 0.15) is 16.7 Å². The van der Waals surface area contributed by atoms with E-state index < -0.39 is 4.92 Å². The molecule has 2 aromatic carbocycles. The van der Waals surface area contributed by atoms with Gasteiger partial charge in [-0.25, -0.2) is 4.98 Å². The van der Waals surface area contributed by atoms with E-state index in [1.165, 1.54) is 17.7 Å². The molecule has 8 heteroatoms. The second-order valence-corrected chi connectivity index (χ2v) is 6.51. The molecule has 0 bridgehead atoms. The van der Waals surface area contributed by atoms with Gasteiger partial charge in [-0.3, -0.25) is 14.8 Å². The quantitative estimate of drug-likeness (QED) is 0.399. The summed E-state index contributed by atoms with van der Waals surface area (Å²) in [5, 5.41) is 28.4. The number of nitrogens with one attached hydrogen (secondary N) is 1. The molecule has 29 heavy (non-hydrogen) atoms. The lowest BCUT2D eigenvalue weighted by molar-refractivity contribution is -0.384. The zero-order chi connectivity index (χ0) is 20.2. The lowest BCUT2D eigenvalue weighted by atomic mass is 10.1. The van der Waals surface area contributed by atoms with Crippen LogP contribution in [0.2, 0.25) is 0 Å². The minimum absolute atomic E-state index is 0.0673. The molecular formula is C21H16N6O2. The van der Waals surface area contributed by atoms with Crippen molar-refractivity contribution < 1.29 is 4.92 Å². The van der Waals surface area contributed by atoms with Crippen LogP contribution in [0.5, 0.6) is 0 Å². The van der Waals surface area contributed by atoms with Gasteiger partial charge in [-0.2, -0.15) is 10.4 Å². The smallest absolute Gasteiger partial charge is 0.270 e. The summed E-state index contributed by atoms with van der Waals surface area (Å²) in [6.45, 7) is 1.18. The maximum atomic E-state index is 11.0. The fourth-order valence-electron chi connectivity index (χ4n) is 3.06. The summed E-state index contributed by atoms with van der Waals surface area (Å²) < 4.78 is 1.86. The molecule has 1 N–H and O–H groups in total. The van der Waals surface area contributed by atoms with Gasteiger partial charge in [0.25, 0.3) is 5.69 Å². The van der Waals surface area contributed by atoms with Crippen molar-refractivity contribution in [2.24, 2.45) is 0 Å². The topological polar surface area (TPSA) is 110 Å². The lowest BCUT2D eigenvalue weighted by Crippen LogP contribution is -2.02. The number of nitrogens with zero attached hydrogens (tertiary/aromatic N) is 5. The third-order valence-electron chi connectivity index (χ3n) is 4.47. The van der Waals surface area contributed by atoms with Gasteiger partial charge in [0, 0.05) is 35.8 Å². The standard InChI is InChI=1S/C21H16N6O2/c22-10-17-8-21(25-20-7-6-18(27(28)29)9-19(17)20)23-11-16-12-24-26(14-16)13-15-4-2-1-3-5-15/h1-9,12,14H,11,13H2,(H,23,25). The van der Waals surface area contributed by atoms with Crippen molar-refractivity contribution in [2.75, 3.05) is 5.32 Å². The number of fused-ring (bicyclic) bond motifs is 1. The van der Waals surface area contributed by atoms with E-state index in [9.17, 15) is 15.4 Å². The van der Waals surface area contributed by atoms with E-state index in [4.69, 9.17) is 0 Å². The van der Waals surface area contributed by atoms with Crippen molar-refractivity contribution in [3.63, 3.8) is 0 Å². The predicted molar refractivity (Wildman–Crippen MR) is 108 cm³/mol. The van der Waals surface area contributed by atoms with Crippen molar-refractivity contribution in [2.45, 2.75) is 13.1 Å². The molecule has 0 saturated carbocycles. The molecule has 0 unspecified atom stereocenters. The van der Waals surface area contributed by atoms with E-state index in [2.05, 4.69) is 21.5 Å². The number of anilines is 1. The van der Waals surface area contributed by atoms with Crippen molar-refractivity contribution in [1.29, 1.82) is 5.26 Å². The maximum Gasteiger partial charge on any atom is 0.270 e. The Bertz CT molecular complexity index is 1230. The highest BCUT2D eigenvalue weighted by molar-refractivity contribution is 5.88. The first kappa shape index (κ1) is 18.1. The lowest BCUT2D eigenvalue weighted by Gasteiger charge is -2.07. The van der Waals surface area contributed by atoms with Crippen LogP contribution in [-0.4, -0.2) is 19.7 Å². The Hall–Kier alpha value is -4.25. The normalized spacial score (nSPS) is 10.6. The summed E-state index contributed by atoms with van der Waals surface area (Å²) in [6, 6.07) is 18.1. The number of non-ortho nitro benzene ring substituents is 1. The van der Waals surface area contributed by atoms with Gasteiger partial charge in [0.2, 0.25) is 0 Å². The summed E-state index contributed by atoms with van der Waals surface area (Å²) in [6.07, 6.45) is 3.74. The molecule has 0 atom stereocenters. The van der Waals surface area contributed by atoms with Crippen LogP contribution >= 0.6 is 0 Å². The third kappa shape index (κ3) is 4.04. The van der Waals surface area contributed by atoms with E-state index >= 15 is 0 Å². The monoisotopic (exact) mass is 384 g/mol. The van der Waals surface area contributed by atoms with Gasteiger partial charge in [-0.1, -0.05) is 30.3 Å². The summed E-state index contributed by atoms with van der Waals surface area (Å²) >= 11 is 0. The summed E-state index contributed by atoms with van der Waals surface area (Å²) in [7, 11) is 0. The molecule has 0 saturated heterocycles. The molecule has 0 amide bonds. The van der Waals surface area contributed by atoms with Crippen LogP contribution in [0.3, 0.4) is 0 Å². The number of rotatable bonds is 6. The molecule has 142 valence electrons. The molecule has 0 aliphatic carbocycles. The third-order valence-corrected chi connectivity index (χ3v) is 4.47. The highest BCUT2D eigenvalue weighted by Crippen LogP contribution is 2.25. The SMILES string of the molecule is N#Cc1cc(NCc2cnn(Cc3ccccc3)c2)nc2ccc([N+](=O)[O-])cc12. The zero-order valence-electron chi connectivity index (χ0n) is 15.3. The zero-order valence-corrected chi connectivity index (χ0v) is 15.3. The minimum atomic E-state index is -0.486. The number of hydrogen-bond donors (Lipinski definition) is 1. The largest absolute Gasteiger partial charge is 0.366 e.